The van der Waals surface area contributed by atoms with Gasteiger partial charge < -0.3 is 0 Å². The first-order chi connectivity index (χ1) is 6.33. The van der Waals surface area contributed by atoms with E-state index in [0.717, 1.165) is 16.4 Å². The molecule has 0 aromatic carbocycles. The molecule has 0 aliphatic carbocycles. The summed E-state index contributed by atoms with van der Waals surface area (Å²) in [4.78, 5) is 4.27. The number of halogens is 1. The molecule has 0 amide bonds. The normalized spacial score (nSPS) is 10.9. The van der Waals surface area contributed by atoms with Gasteiger partial charge in [-0.05, 0) is 17.9 Å². The molecule has 0 radical (unpaired) electrons. The maximum Gasteiger partial charge on any atom is 0.174 e. The first-order valence-electron chi connectivity index (χ1n) is 4.08. The highest BCUT2D eigenvalue weighted by Crippen LogP contribution is 2.24. The molecule has 68 valence electrons. The predicted molar refractivity (Wildman–Crippen MR) is 56.6 cm³/mol. The minimum absolute atomic E-state index is 0.580. The Morgan fingerprint density at radius 3 is 3.15 bits per heavy atom. The van der Waals surface area contributed by atoms with E-state index in [4.69, 9.17) is 11.6 Å². The van der Waals surface area contributed by atoms with Gasteiger partial charge >= 0.3 is 0 Å². The number of aromatic nitrogens is 2. The van der Waals surface area contributed by atoms with E-state index in [0.29, 0.717) is 5.15 Å². The Balaban J connectivity index is 2.63. The molecule has 2 nitrogen and oxygen atoms in total. The molecular weight excluding hydrogens is 204 g/mol. The Labute approximate surface area is 85.9 Å². The van der Waals surface area contributed by atoms with Gasteiger partial charge in [-0.2, -0.15) is 0 Å². The number of nitrogens with zero attached hydrogens (tertiary/aromatic N) is 2. The molecule has 4 heteroatoms. The van der Waals surface area contributed by atoms with Crippen molar-refractivity contribution in [1.29, 1.82) is 0 Å². The van der Waals surface area contributed by atoms with Gasteiger partial charge in [0.2, 0.25) is 0 Å². The summed E-state index contributed by atoms with van der Waals surface area (Å²) >= 11 is 7.66. The molecule has 2 heterocycles. The van der Waals surface area contributed by atoms with Gasteiger partial charge in [0.05, 0.1) is 5.52 Å². The quantitative estimate of drug-likeness (QED) is 0.712. The maximum atomic E-state index is 5.97. The van der Waals surface area contributed by atoms with Crippen molar-refractivity contribution < 1.29 is 0 Å². The van der Waals surface area contributed by atoms with Gasteiger partial charge in [-0.1, -0.05) is 36.4 Å². The molecule has 0 bridgehead atoms. The summed E-state index contributed by atoms with van der Waals surface area (Å²) in [5.41, 5.74) is 0.972. The van der Waals surface area contributed by atoms with Crippen molar-refractivity contribution in [2.24, 2.45) is 0 Å². The van der Waals surface area contributed by atoms with Crippen molar-refractivity contribution in [2.75, 3.05) is 5.75 Å². The molecule has 0 aliphatic heterocycles. The summed E-state index contributed by atoms with van der Waals surface area (Å²) in [6.45, 7) is 2.10. The van der Waals surface area contributed by atoms with E-state index in [2.05, 4.69) is 11.9 Å². The van der Waals surface area contributed by atoms with Gasteiger partial charge in [-0.25, -0.2) is 4.98 Å². The zero-order chi connectivity index (χ0) is 9.26. The lowest BCUT2D eigenvalue weighted by molar-refractivity contribution is 0.959. The number of fused-ring (bicyclic) bond motifs is 1. The average molecular weight is 213 g/mol. The molecule has 13 heavy (non-hydrogen) atoms. The molecular formula is C9H9ClN2S. The first kappa shape index (κ1) is 8.91. The van der Waals surface area contributed by atoms with E-state index in [1.165, 1.54) is 0 Å². The van der Waals surface area contributed by atoms with Crippen LogP contribution in [0.5, 0.6) is 0 Å². The van der Waals surface area contributed by atoms with E-state index in [9.17, 15) is 0 Å². The minimum Gasteiger partial charge on any atom is -0.293 e. The third-order valence-electron chi connectivity index (χ3n) is 1.74. The molecule has 2 aromatic heterocycles. The van der Waals surface area contributed by atoms with E-state index in [1.807, 2.05) is 28.8 Å². The lowest BCUT2D eigenvalue weighted by Gasteiger charge is -1.96. The van der Waals surface area contributed by atoms with Crippen LogP contribution in [-0.2, 0) is 0 Å². The van der Waals surface area contributed by atoms with Gasteiger partial charge in [0.1, 0.15) is 0 Å². The minimum atomic E-state index is 0.580. The second-order valence-electron chi connectivity index (χ2n) is 2.57. The Bertz CT molecular complexity index is 424. The number of pyridine rings is 1. The largest absolute Gasteiger partial charge is 0.293 e. The second-order valence-corrected chi connectivity index (χ2v) is 4.16. The van der Waals surface area contributed by atoms with Gasteiger partial charge in [0, 0.05) is 6.20 Å². The molecule has 0 spiro atoms. The molecule has 0 saturated heterocycles. The number of imidazole rings is 1. The van der Waals surface area contributed by atoms with Crippen LogP contribution in [0.15, 0.2) is 29.6 Å². The zero-order valence-electron chi connectivity index (χ0n) is 7.20. The monoisotopic (exact) mass is 212 g/mol. The van der Waals surface area contributed by atoms with Crippen molar-refractivity contribution in [3.63, 3.8) is 0 Å². The van der Waals surface area contributed by atoms with Gasteiger partial charge in [-0.3, -0.25) is 4.40 Å². The fourth-order valence-corrected chi connectivity index (χ4v) is 2.20. The molecule has 2 aromatic rings. The van der Waals surface area contributed by atoms with E-state index in [-0.39, 0.29) is 0 Å². The summed E-state index contributed by atoms with van der Waals surface area (Å²) in [6, 6.07) is 5.91. The lowest BCUT2D eigenvalue weighted by atomic mass is 10.4. The van der Waals surface area contributed by atoms with Gasteiger partial charge in [0.15, 0.2) is 10.3 Å². The maximum absolute atomic E-state index is 5.97. The summed E-state index contributed by atoms with van der Waals surface area (Å²) in [7, 11) is 0. The summed E-state index contributed by atoms with van der Waals surface area (Å²) in [6.07, 6.45) is 1.98. The molecule has 0 N–H and O–H groups in total. The number of hydrogen-bond donors (Lipinski definition) is 0. The van der Waals surface area contributed by atoms with Crippen molar-refractivity contribution in [3.8, 4) is 0 Å². The van der Waals surface area contributed by atoms with Crippen LogP contribution in [-0.4, -0.2) is 15.1 Å². The summed E-state index contributed by atoms with van der Waals surface area (Å²) < 4.78 is 2.01. The Morgan fingerprint density at radius 1 is 1.54 bits per heavy atom. The summed E-state index contributed by atoms with van der Waals surface area (Å²) in [5, 5.41) is 1.54. The molecule has 0 unspecified atom stereocenters. The molecule has 2 rings (SSSR count). The van der Waals surface area contributed by atoms with Crippen molar-refractivity contribution in [1.82, 2.24) is 9.38 Å². The molecule has 0 fully saturated rings. The van der Waals surface area contributed by atoms with Gasteiger partial charge in [-0.15, -0.1) is 0 Å². The van der Waals surface area contributed by atoms with Gasteiger partial charge in [0.25, 0.3) is 0 Å². The SMILES string of the molecule is CCSc1nc(Cl)c2ccccn12. The number of rotatable bonds is 2. The van der Waals surface area contributed by atoms with Crippen molar-refractivity contribution in [3.05, 3.63) is 29.5 Å². The van der Waals surface area contributed by atoms with Crippen LogP contribution in [0.2, 0.25) is 5.15 Å². The summed E-state index contributed by atoms with van der Waals surface area (Å²) in [5.74, 6) is 1.00. The highest BCUT2D eigenvalue weighted by Gasteiger charge is 2.07. The van der Waals surface area contributed by atoms with Crippen molar-refractivity contribution >= 4 is 28.9 Å². The molecule has 0 atom stereocenters. The third-order valence-corrected chi connectivity index (χ3v) is 2.86. The van der Waals surface area contributed by atoms with Crippen LogP contribution in [0.4, 0.5) is 0 Å². The van der Waals surface area contributed by atoms with Crippen LogP contribution in [0.25, 0.3) is 5.52 Å². The van der Waals surface area contributed by atoms with Crippen LogP contribution >= 0.6 is 23.4 Å². The molecule has 0 aliphatic rings. The first-order valence-corrected chi connectivity index (χ1v) is 5.44. The Kier molecular flexibility index (Phi) is 2.47. The standard InChI is InChI=1S/C9H9ClN2S/c1-2-13-9-11-8(10)7-5-3-4-6-12(7)9/h3-6H,2H2,1H3. The fraction of sp³-hybridized carbons (Fsp3) is 0.222. The van der Waals surface area contributed by atoms with Crippen LogP contribution in [0.1, 0.15) is 6.92 Å². The Morgan fingerprint density at radius 2 is 2.38 bits per heavy atom. The third kappa shape index (κ3) is 1.54. The lowest BCUT2D eigenvalue weighted by Crippen LogP contribution is -1.85. The smallest absolute Gasteiger partial charge is 0.174 e. The zero-order valence-corrected chi connectivity index (χ0v) is 8.77. The average Bonchev–Trinajstić information content (AvgIpc) is 2.46. The Hall–Kier alpha value is -0.670. The highest BCUT2D eigenvalue weighted by atomic mass is 35.5. The number of hydrogen-bond acceptors (Lipinski definition) is 2. The predicted octanol–water partition coefficient (Wildman–Crippen LogP) is 3.10. The van der Waals surface area contributed by atoms with Crippen molar-refractivity contribution in [2.45, 2.75) is 12.1 Å². The van der Waals surface area contributed by atoms with Crippen LogP contribution < -0.4 is 0 Å². The topological polar surface area (TPSA) is 17.3 Å². The van der Waals surface area contributed by atoms with E-state index in [1.54, 1.807) is 11.8 Å². The van der Waals surface area contributed by atoms with Crippen LogP contribution in [0, 0.1) is 0 Å². The van der Waals surface area contributed by atoms with E-state index < -0.39 is 0 Å². The fourth-order valence-electron chi connectivity index (χ4n) is 1.20. The van der Waals surface area contributed by atoms with Crippen LogP contribution in [0.3, 0.4) is 0 Å². The molecule has 0 saturated carbocycles. The number of thioether (sulfide) groups is 1. The second kappa shape index (κ2) is 3.60. The highest BCUT2D eigenvalue weighted by molar-refractivity contribution is 7.99. The van der Waals surface area contributed by atoms with E-state index >= 15 is 0 Å².